The molecule has 5 heteroatoms. The van der Waals surface area contributed by atoms with Crippen molar-refractivity contribution in [1.29, 1.82) is 0 Å². The minimum atomic E-state index is 0.462. The zero-order chi connectivity index (χ0) is 10.8. The molecule has 0 spiro atoms. The lowest BCUT2D eigenvalue weighted by Gasteiger charge is -2.06. The van der Waals surface area contributed by atoms with E-state index in [0.29, 0.717) is 13.0 Å². The van der Waals surface area contributed by atoms with Crippen LogP contribution in [0.1, 0.15) is 17.0 Å². The molecular formula is C10H12N4O. The van der Waals surface area contributed by atoms with Gasteiger partial charge in [0.15, 0.2) is 0 Å². The number of hydrogen-bond acceptors (Lipinski definition) is 3. The molecule has 0 atom stereocenters. The molecule has 2 N–H and O–H groups in total. The number of aromatic nitrogens is 3. The van der Waals surface area contributed by atoms with Gasteiger partial charge in [0.05, 0.1) is 23.1 Å². The number of fused-ring (bicyclic) bond motifs is 1. The predicted molar refractivity (Wildman–Crippen MR) is 56.3 cm³/mol. The summed E-state index contributed by atoms with van der Waals surface area (Å²) >= 11 is 0. The molecule has 0 bridgehead atoms. The van der Waals surface area contributed by atoms with E-state index in [1.54, 1.807) is 6.33 Å². The highest BCUT2D eigenvalue weighted by molar-refractivity contribution is 5.81. The smallest absolute Gasteiger partial charge is 0.207 e. The highest BCUT2D eigenvalue weighted by atomic mass is 16.1. The Labute approximate surface area is 86.9 Å². The lowest BCUT2D eigenvalue weighted by molar-refractivity contribution is -0.109. The van der Waals surface area contributed by atoms with Crippen LogP contribution in [0.25, 0.3) is 11.0 Å². The van der Waals surface area contributed by atoms with E-state index in [1.165, 1.54) is 0 Å². The van der Waals surface area contributed by atoms with Crippen molar-refractivity contribution in [3.63, 3.8) is 0 Å². The van der Waals surface area contributed by atoms with Gasteiger partial charge in [-0.25, -0.2) is 4.98 Å². The topological polar surface area (TPSA) is 70.7 Å². The summed E-state index contributed by atoms with van der Waals surface area (Å²) in [6.07, 6.45) is 2.32. The van der Waals surface area contributed by atoms with E-state index in [2.05, 4.69) is 20.3 Å². The van der Waals surface area contributed by atoms with E-state index in [0.717, 1.165) is 28.0 Å². The highest BCUT2D eigenvalue weighted by Gasteiger charge is 2.10. The first kappa shape index (κ1) is 9.64. The predicted octanol–water partition coefficient (Wildman–Crippen LogP) is 0.821. The van der Waals surface area contributed by atoms with Gasteiger partial charge in [0.25, 0.3) is 0 Å². The first-order valence-electron chi connectivity index (χ1n) is 4.70. The summed E-state index contributed by atoms with van der Waals surface area (Å²) < 4.78 is 0. The lowest BCUT2D eigenvalue weighted by atomic mass is 10.1. The molecular weight excluding hydrogens is 192 g/mol. The summed E-state index contributed by atoms with van der Waals surface area (Å²) in [6, 6.07) is 0. The number of nitrogens with one attached hydrogen (secondary N) is 2. The van der Waals surface area contributed by atoms with Crippen LogP contribution in [0.3, 0.4) is 0 Å². The Morgan fingerprint density at radius 2 is 2.27 bits per heavy atom. The molecule has 2 heterocycles. The third-order valence-corrected chi connectivity index (χ3v) is 2.42. The highest BCUT2D eigenvalue weighted by Crippen LogP contribution is 2.19. The summed E-state index contributed by atoms with van der Waals surface area (Å²) in [7, 11) is 0. The van der Waals surface area contributed by atoms with Crippen LogP contribution in [0.5, 0.6) is 0 Å². The summed E-state index contributed by atoms with van der Waals surface area (Å²) in [4.78, 5) is 22.0. The number of imidazole rings is 1. The molecule has 0 unspecified atom stereocenters. The number of aromatic amines is 1. The number of nitrogens with zero attached hydrogens (tertiary/aromatic N) is 2. The minimum Gasteiger partial charge on any atom is -0.354 e. The van der Waals surface area contributed by atoms with E-state index in [4.69, 9.17) is 0 Å². The van der Waals surface area contributed by atoms with Crippen LogP contribution in [-0.4, -0.2) is 21.4 Å². The Kier molecular flexibility index (Phi) is 2.37. The first-order valence-corrected chi connectivity index (χ1v) is 4.70. The van der Waals surface area contributed by atoms with Crippen LogP contribution in [0.2, 0.25) is 0 Å². The number of amides is 1. The molecule has 0 saturated carbocycles. The van der Waals surface area contributed by atoms with Crippen LogP contribution in [0, 0.1) is 13.8 Å². The second kappa shape index (κ2) is 3.68. The van der Waals surface area contributed by atoms with Gasteiger partial charge in [-0.3, -0.25) is 9.78 Å². The Morgan fingerprint density at radius 3 is 3.00 bits per heavy atom. The number of carbonyl (C=O) groups excluding carboxylic acids is 1. The molecule has 15 heavy (non-hydrogen) atoms. The number of aryl methyl sites for hydroxylation is 2. The SMILES string of the molecule is Cc1nc(C)c2[nH]cnc2c1CNC=O. The number of hydrogen-bond donors (Lipinski definition) is 2. The second-order valence-corrected chi connectivity index (χ2v) is 3.39. The Balaban J connectivity index is 2.60. The van der Waals surface area contributed by atoms with Crippen molar-refractivity contribution in [2.24, 2.45) is 0 Å². The van der Waals surface area contributed by atoms with Gasteiger partial charge in [-0.15, -0.1) is 0 Å². The van der Waals surface area contributed by atoms with Gasteiger partial charge in [0, 0.05) is 17.8 Å². The van der Waals surface area contributed by atoms with E-state index in [-0.39, 0.29) is 0 Å². The van der Waals surface area contributed by atoms with E-state index in [9.17, 15) is 4.79 Å². The monoisotopic (exact) mass is 204 g/mol. The van der Waals surface area contributed by atoms with Crippen molar-refractivity contribution in [1.82, 2.24) is 20.3 Å². The summed E-state index contributed by atoms with van der Waals surface area (Å²) in [5, 5.41) is 2.63. The van der Waals surface area contributed by atoms with Gasteiger partial charge in [0.2, 0.25) is 6.41 Å². The molecule has 2 aromatic rings. The Bertz CT molecular complexity index is 503. The molecule has 0 saturated heterocycles. The quantitative estimate of drug-likeness (QED) is 0.727. The van der Waals surface area contributed by atoms with Crippen LogP contribution in [0.15, 0.2) is 6.33 Å². The molecule has 0 radical (unpaired) electrons. The largest absolute Gasteiger partial charge is 0.354 e. The average molecular weight is 204 g/mol. The van der Waals surface area contributed by atoms with Crippen LogP contribution < -0.4 is 5.32 Å². The molecule has 0 aliphatic heterocycles. The maximum absolute atomic E-state index is 10.3. The molecule has 0 fully saturated rings. The molecule has 0 aliphatic carbocycles. The number of carbonyl (C=O) groups is 1. The number of rotatable bonds is 3. The van der Waals surface area contributed by atoms with Gasteiger partial charge < -0.3 is 10.3 Å². The molecule has 0 aromatic carbocycles. The summed E-state index contributed by atoms with van der Waals surface area (Å²) in [5.74, 6) is 0. The van der Waals surface area contributed by atoms with Crippen LogP contribution in [0.4, 0.5) is 0 Å². The molecule has 1 amide bonds. The second-order valence-electron chi connectivity index (χ2n) is 3.39. The third kappa shape index (κ3) is 1.56. The Morgan fingerprint density at radius 1 is 1.47 bits per heavy atom. The van der Waals surface area contributed by atoms with Crippen molar-refractivity contribution in [3.8, 4) is 0 Å². The molecule has 5 nitrogen and oxygen atoms in total. The van der Waals surface area contributed by atoms with E-state index >= 15 is 0 Å². The van der Waals surface area contributed by atoms with E-state index in [1.807, 2.05) is 13.8 Å². The summed E-state index contributed by atoms with van der Waals surface area (Å²) in [5.41, 5.74) is 4.61. The van der Waals surface area contributed by atoms with Gasteiger partial charge in [-0.2, -0.15) is 0 Å². The van der Waals surface area contributed by atoms with E-state index < -0.39 is 0 Å². The lowest BCUT2D eigenvalue weighted by Crippen LogP contribution is -2.12. The first-order chi connectivity index (χ1) is 7.24. The average Bonchev–Trinajstić information content (AvgIpc) is 2.66. The number of H-pyrrole nitrogens is 1. The van der Waals surface area contributed by atoms with Crippen molar-refractivity contribution in [2.75, 3.05) is 0 Å². The fourth-order valence-corrected chi connectivity index (χ4v) is 1.70. The normalized spacial score (nSPS) is 10.5. The number of pyridine rings is 1. The van der Waals surface area contributed by atoms with Crippen molar-refractivity contribution < 1.29 is 4.79 Å². The van der Waals surface area contributed by atoms with Crippen molar-refractivity contribution >= 4 is 17.4 Å². The fraction of sp³-hybridized carbons (Fsp3) is 0.300. The van der Waals surface area contributed by atoms with Crippen LogP contribution >= 0.6 is 0 Å². The van der Waals surface area contributed by atoms with Crippen molar-refractivity contribution in [3.05, 3.63) is 23.3 Å². The molecule has 0 aliphatic rings. The fourth-order valence-electron chi connectivity index (χ4n) is 1.70. The zero-order valence-electron chi connectivity index (χ0n) is 8.66. The molecule has 2 aromatic heterocycles. The maximum Gasteiger partial charge on any atom is 0.207 e. The van der Waals surface area contributed by atoms with Gasteiger partial charge in [-0.05, 0) is 13.8 Å². The standard InChI is InChI=1S/C10H12N4O/c1-6-8(3-11-5-15)10-9(7(2)14-6)12-4-13-10/h4-5H,3H2,1-2H3,(H,11,15)(H,12,13). The third-order valence-electron chi connectivity index (χ3n) is 2.42. The minimum absolute atomic E-state index is 0.462. The molecule has 78 valence electrons. The summed E-state index contributed by atoms with van der Waals surface area (Å²) in [6.45, 7) is 4.32. The van der Waals surface area contributed by atoms with Crippen molar-refractivity contribution in [2.45, 2.75) is 20.4 Å². The molecule has 2 rings (SSSR count). The van der Waals surface area contributed by atoms with Crippen LogP contribution in [-0.2, 0) is 11.3 Å². The van der Waals surface area contributed by atoms with Gasteiger partial charge >= 0.3 is 0 Å². The zero-order valence-corrected chi connectivity index (χ0v) is 8.66. The van der Waals surface area contributed by atoms with Gasteiger partial charge in [-0.1, -0.05) is 0 Å². The van der Waals surface area contributed by atoms with Gasteiger partial charge in [0.1, 0.15) is 0 Å². The Hall–Kier alpha value is -1.91. The maximum atomic E-state index is 10.3.